The molecule has 1 amide bonds. The minimum Gasteiger partial charge on any atom is -0.324 e. The van der Waals surface area contributed by atoms with Gasteiger partial charge in [-0.2, -0.15) is 0 Å². The molecule has 0 aliphatic carbocycles. The summed E-state index contributed by atoms with van der Waals surface area (Å²) in [5.74, 6) is -0.322. The van der Waals surface area contributed by atoms with Gasteiger partial charge in [0.2, 0.25) is 5.91 Å². The van der Waals surface area contributed by atoms with Crippen molar-refractivity contribution in [3.63, 3.8) is 0 Å². The molecule has 1 aromatic heterocycles. The number of aromatic nitrogens is 2. The monoisotopic (exact) mass is 427 g/mol. The number of nitrogens with one attached hydrogen (secondary N) is 1. The zero-order chi connectivity index (χ0) is 22.7. The van der Waals surface area contributed by atoms with Crippen LogP contribution < -0.4 is 16.6 Å². The van der Waals surface area contributed by atoms with Crippen molar-refractivity contribution in [2.24, 2.45) is 0 Å². The summed E-state index contributed by atoms with van der Waals surface area (Å²) in [6, 6.07) is 22.4. The molecule has 6 nitrogen and oxygen atoms in total. The molecule has 0 spiro atoms. The SMILES string of the molecule is Cc1ccc(NC(=O)Cn2c(=O)n(CCc3ccccc3)c(=O)c3ccccc32)c(C)c1. The van der Waals surface area contributed by atoms with Crippen LogP contribution in [0.3, 0.4) is 0 Å². The molecule has 0 saturated heterocycles. The van der Waals surface area contributed by atoms with E-state index in [0.29, 0.717) is 23.0 Å². The van der Waals surface area contributed by atoms with E-state index in [2.05, 4.69) is 5.32 Å². The van der Waals surface area contributed by atoms with Gasteiger partial charge in [-0.05, 0) is 49.6 Å². The third kappa shape index (κ3) is 4.39. The van der Waals surface area contributed by atoms with Crippen LogP contribution in [0.15, 0.2) is 82.4 Å². The number of para-hydroxylation sites is 1. The first kappa shape index (κ1) is 21.3. The van der Waals surface area contributed by atoms with Gasteiger partial charge in [-0.15, -0.1) is 0 Å². The van der Waals surface area contributed by atoms with Crippen molar-refractivity contribution < 1.29 is 4.79 Å². The highest BCUT2D eigenvalue weighted by molar-refractivity contribution is 5.92. The zero-order valence-corrected chi connectivity index (χ0v) is 18.2. The molecule has 4 rings (SSSR count). The number of benzene rings is 3. The van der Waals surface area contributed by atoms with E-state index in [1.807, 2.05) is 62.4 Å². The summed E-state index contributed by atoms with van der Waals surface area (Å²) in [6.07, 6.45) is 0.545. The second kappa shape index (κ2) is 9.06. The maximum atomic E-state index is 13.3. The average molecular weight is 428 g/mol. The van der Waals surface area contributed by atoms with Gasteiger partial charge in [-0.3, -0.25) is 18.7 Å². The molecular formula is C26H25N3O3. The first-order valence-corrected chi connectivity index (χ1v) is 10.6. The van der Waals surface area contributed by atoms with E-state index in [1.54, 1.807) is 24.3 Å². The molecule has 0 aliphatic heterocycles. The van der Waals surface area contributed by atoms with Crippen LogP contribution in [0.5, 0.6) is 0 Å². The number of anilines is 1. The lowest BCUT2D eigenvalue weighted by molar-refractivity contribution is -0.116. The third-order valence-corrected chi connectivity index (χ3v) is 5.56. The summed E-state index contributed by atoms with van der Waals surface area (Å²) < 4.78 is 2.60. The van der Waals surface area contributed by atoms with Crippen LogP contribution in [-0.2, 0) is 24.3 Å². The van der Waals surface area contributed by atoms with Crippen molar-refractivity contribution in [3.05, 3.63) is 110 Å². The molecule has 0 fully saturated rings. The van der Waals surface area contributed by atoms with Crippen LogP contribution in [0.2, 0.25) is 0 Å². The number of carbonyl (C=O) groups excluding carboxylic acids is 1. The van der Waals surface area contributed by atoms with Crippen molar-refractivity contribution in [1.82, 2.24) is 9.13 Å². The number of carbonyl (C=O) groups is 1. The largest absolute Gasteiger partial charge is 0.331 e. The molecule has 0 bridgehead atoms. The Hall–Kier alpha value is -3.93. The predicted octanol–water partition coefficient (Wildman–Crippen LogP) is 3.66. The Balaban J connectivity index is 1.69. The van der Waals surface area contributed by atoms with Crippen LogP contribution in [0, 0.1) is 13.8 Å². The van der Waals surface area contributed by atoms with Crippen LogP contribution in [0.1, 0.15) is 16.7 Å². The van der Waals surface area contributed by atoms with Gasteiger partial charge in [-0.1, -0.05) is 60.2 Å². The van der Waals surface area contributed by atoms with Crippen LogP contribution in [-0.4, -0.2) is 15.0 Å². The van der Waals surface area contributed by atoms with Gasteiger partial charge in [-0.25, -0.2) is 4.79 Å². The predicted molar refractivity (Wildman–Crippen MR) is 127 cm³/mol. The zero-order valence-electron chi connectivity index (χ0n) is 18.2. The van der Waals surface area contributed by atoms with Crippen molar-refractivity contribution in [3.8, 4) is 0 Å². The maximum Gasteiger partial charge on any atom is 0.331 e. The van der Waals surface area contributed by atoms with Crippen LogP contribution in [0.4, 0.5) is 5.69 Å². The number of fused-ring (bicyclic) bond motifs is 1. The number of hydrogen-bond donors (Lipinski definition) is 1. The molecule has 0 aliphatic rings. The second-order valence-corrected chi connectivity index (χ2v) is 7.94. The summed E-state index contributed by atoms with van der Waals surface area (Å²) >= 11 is 0. The van der Waals surface area contributed by atoms with Crippen molar-refractivity contribution >= 4 is 22.5 Å². The first-order valence-electron chi connectivity index (χ1n) is 10.6. The molecule has 4 aromatic rings. The molecule has 3 aromatic carbocycles. The van der Waals surface area contributed by atoms with E-state index in [4.69, 9.17) is 0 Å². The van der Waals surface area contributed by atoms with Crippen molar-refractivity contribution in [2.75, 3.05) is 5.32 Å². The van der Waals surface area contributed by atoms with Gasteiger partial charge >= 0.3 is 5.69 Å². The van der Waals surface area contributed by atoms with Crippen LogP contribution in [0.25, 0.3) is 10.9 Å². The fraction of sp³-hybridized carbons (Fsp3) is 0.192. The highest BCUT2D eigenvalue weighted by Crippen LogP contribution is 2.16. The molecule has 162 valence electrons. The highest BCUT2D eigenvalue weighted by Gasteiger charge is 2.16. The topological polar surface area (TPSA) is 73.1 Å². The van der Waals surface area contributed by atoms with E-state index in [0.717, 1.165) is 16.7 Å². The number of aryl methyl sites for hydroxylation is 3. The van der Waals surface area contributed by atoms with Gasteiger partial charge in [0.1, 0.15) is 6.54 Å². The molecule has 32 heavy (non-hydrogen) atoms. The fourth-order valence-corrected chi connectivity index (χ4v) is 3.89. The highest BCUT2D eigenvalue weighted by atomic mass is 16.2. The van der Waals surface area contributed by atoms with E-state index in [1.165, 1.54) is 9.13 Å². The molecule has 0 atom stereocenters. The summed E-state index contributed by atoms with van der Waals surface area (Å²) in [7, 11) is 0. The second-order valence-electron chi connectivity index (χ2n) is 7.94. The fourth-order valence-electron chi connectivity index (χ4n) is 3.89. The Kier molecular flexibility index (Phi) is 6.03. The molecule has 6 heteroatoms. The summed E-state index contributed by atoms with van der Waals surface area (Å²) in [5.41, 5.74) is 3.42. The lowest BCUT2D eigenvalue weighted by Crippen LogP contribution is -2.42. The summed E-state index contributed by atoms with van der Waals surface area (Å²) in [6.45, 7) is 3.97. The maximum absolute atomic E-state index is 13.3. The number of nitrogens with zero attached hydrogens (tertiary/aromatic N) is 2. The Bertz CT molecular complexity index is 1400. The molecule has 0 saturated carbocycles. The Morgan fingerprint density at radius 2 is 1.59 bits per heavy atom. The minimum atomic E-state index is -0.486. The minimum absolute atomic E-state index is 0.182. The van der Waals surface area contributed by atoms with E-state index < -0.39 is 5.69 Å². The lowest BCUT2D eigenvalue weighted by atomic mass is 10.1. The quantitative estimate of drug-likeness (QED) is 0.510. The smallest absolute Gasteiger partial charge is 0.324 e. The van der Waals surface area contributed by atoms with Gasteiger partial charge in [0, 0.05) is 12.2 Å². The van der Waals surface area contributed by atoms with Gasteiger partial charge < -0.3 is 5.32 Å². The molecule has 0 unspecified atom stereocenters. The molecular weight excluding hydrogens is 402 g/mol. The van der Waals surface area contributed by atoms with Crippen molar-refractivity contribution in [1.29, 1.82) is 0 Å². The van der Waals surface area contributed by atoms with Crippen LogP contribution >= 0.6 is 0 Å². The van der Waals surface area contributed by atoms with Gasteiger partial charge in [0.15, 0.2) is 0 Å². The summed E-state index contributed by atoms with van der Waals surface area (Å²) in [4.78, 5) is 39.1. The third-order valence-electron chi connectivity index (χ3n) is 5.56. The first-order chi connectivity index (χ1) is 15.4. The standard InChI is InChI=1S/C26H25N3O3/c1-18-12-13-22(19(2)16-18)27-24(30)17-29-23-11-7-6-10-21(23)25(31)28(26(29)32)15-14-20-8-4-3-5-9-20/h3-13,16H,14-15,17H2,1-2H3,(H,27,30). The normalized spacial score (nSPS) is 10.9. The average Bonchev–Trinajstić information content (AvgIpc) is 2.79. The van der Waals surface area contributed by atoms with E-state index in [-0.39, 0.29) is 24.6 Å². The summed E-state index contributed by atoms with van der Waals surface area (Å²) in [5, 5.41) is 3.30. The molecule has 1 N–H and O–H groups in total. The van der Waals surface area contributed by atoms with Gasteiger partial charge in [0.25, 0.3) is 5.56 Å². The number of rotatable bonds is 6. The number of amides is 1. The molecule has 0 radical (unpaired) electrons. The van der Waals surface area contributed by atoms with Crippen molar-refractivity contribution in [2.45, 2.75) is 33.4 Å². The van der Waals surface area contributed by atoms with Gasteiger partial charge in [0.05, 0.1) is 10.9 Å². The van der Waals surface area contributed by atoms with E-state index >= 15 is 0 Å². The molecule has 1 heterocycles. The van der Waals surface area contributed by atoms with E-state index in [9.17, 15) is 14.4 Å². The Labute approximate surface area is 185 Å². The lowest BCUT2D eigenvalue weighted by Gasteiger charge is -2.15. The Morgan fingerprint density at radius 3 is 2.34 bits per heavy atom. The number of hydrogen-bond acceptors (Lipinski definition) is 3. The Morgan fingerprint density at radius 1 is 0.875 bits per heavy atom.